The molecule has 1 aromatic heterocycles. The molecule has 1 fully saturated rings. The van der Waals surface area contributed by atoms with Gasteiger partial charge in [-0.15, -0.1) is 0 Å². The van der Waals surface area contributed by atoms with E-state index < -0.39 is 0 Å². The van der Waals surface area contributed by atoms with E-state index in [1.165, 1.54) is 6.07 Å². The van der Waals surface area contributed by atoms with Crippen LogP contribution in [0.15, 0.2) is 36.4 Å². The summed E-state index contributed by atoms with van der Waals surface area (Å²) in [7, 11) is 0. The average Bonchev–Trinajstić information content (AvgIpc) is 2.60. The van der Waals surface area contributed by atoms with Gasteiger partial charge in [-0.05, 0) is 48.7 Å². The summed E-state index contributed by atoms with van der Waals surface area (Å²) in [6, 6.07) is 10.6. The zero-order valence-corrected chi connectivity index (χ0v) is 14.7. The largest absolute Gasteiger partial charge is 0.368 e. The molecule has 1 aliphatic heterocycles. The lowest BCUT2D eigenvalue weighted by molar-refractivity contribution is -0.138. The van der Waals surface area contributed by atoms with Gasteiger partial charge in [0.2, 0.25) is 5.91 Å². The molecular formula is C20H23FN2O2. The van der Waals surface area contributed by atoms with E-state index in [2.05, 4.69) is 4.98 Å². The number of ether oxygens (including phenoxy) is 1. The Morgan fingerprint density at radius 1 is 1.32 bits per heavy atom. The number of aryl methyl sites for hydroxylation is 1. The first-order valence-corrected chi connectivity index (χ1v) is 8.66. The van der Waals surface area contributed by atoms with Gasteiger partial charge in [-0.3, -0.25) is 9.78 Å². The number of hydrogen-bond acceptors (Lipinski definition) is 3. The van der Waals surface area contributed by atoms with Crippen LogP contribution in [-0.4, -0.2) is 35.5 Å². The Kier molecular flexibility index (Phi) is 5.43. The number of rotatable bonds is 4. The second-order valence-electron chi connectivity index (χ2n) is 6.40. The maximum Gasteiger partial charge on any atom is 0.222 e. The fraction of sp³-hybridized carbons (Fsp3) is 0.400. The summed E-state index contributed by atoms with van der Waals surface area (Å²) < 4.78 is 19.3. The van der Waals surface area contributed by atoms with Gasteiger partial charge in [-0.25, -0.2) is 4.39 Å². The highest BCUT2D eigenvalue weighted by Gasteiger charge is 2.25. The molecule has 132 valence electrons. The van der Waals surface area contributed by atoms with Gasteiger partial charge < -0.3 is 9.64 Å². The monoisotopic (exact) mass is 342 g/mol. The molecule has 0 bridgehead atoms. The van der Waals surface area contributed by atoms with E-state index in [1.807, 2.05) is 36.9 Å². The van der Waals surface area contributed by atoms with Gasteiger partial charge >= 0.3 is 0 Å². The molecule has 0 saturated carbocycles. The molecule has 1 saturated heterocycles. The van der Waals surface area contributed by atoms with E-state index in [9.17, 15) is 9.18 Å². The van der Waals surface area contributed by atoms with E-state index >= 15 is 0 Å². The number of morpholine rings is 1. The van der Waals surface area contributed by atoms with Crippen molar-refractivity contribution in [2.24, 2.45) is 0 Å². The number of carbonyl (C=O) groups is 1. The van der Waals surface area contributed by atoms with Crippen LogP contribution in [0.1, 0.15) is 42.0 Å². The van der Waals surface area contributed by atoms with Gasteiger partial charge in [-0.1, -0.05) is 19.1 Å². The Labute approximate surface area is 147 Å². The van der Waals surface area contributed by atoms with Gasteiger partial charge in [0, 0.05) is 18.7 Å². The Bertz CT molecular complexity index is 763. The number of halogens is 1. The predicted octanol–water partition coefficient (Wildman–Crippen LogP) is 3.43. The first-order chi connectivity index (χ1) is 12.0. The average molecular weight is 342 g/mol. The third kappa shape index (κ3) is 4.42. The number of hydrogen-bond donors (Lipinski definition) is 0. The zero-order chi connectivity index (χ0) is 17.8. The summed E-state index contributed by atoms with van der Waals surface area (Å²) in [5.74, 6) is -0.0891. The van der Waals surface area contributed by atoms with Crippen molar-refractivity contribution in [3.8, 4) is 0 Å². The third-order valence-corrected chi connectivity index (χ3v) is 4.38. The molecule has 1 amide bonds. The van der Waals surface area contributed by atoms with E-state index in [0.29, 0.717) is 32.5 Å². The van der Waals surface area contributed by atoms with Crippen LogP contribution in [-0.2, 0) is 16.0 Å². The van der Waals surface area contributed by atoms with Crippen LogP contribution < -0.4 is 0 Å². The minimum Gasteiger partial charge on any atom is -0.368 e. The molecule has 0 spiro atoms. The number of aromatic nitrogens is 1. The summed E-state index contributed by atoms with van der Waals surface area (Å²) in [5, 5.41) is 0. The smallest absolute Gasteiger partial charge is 0.222 e. The van der Waals surface area contributed by atoms with E-state index in [0.717, 1.165) is 22.5 Å². The Morgan fingerprint density at radius 2 is 2.16 bits per heavy atom. The standard InChI is InChI=1S/C20H23FN2O2/c1-3-20(24)23-7-8-25-19(13-23)18-12-16(9-14(2)22-18)10-15-5-4-6-17(21)11-15/h4-6,9,11-12,19H,3,7-8,10,13H2,1-2H3/t19-/m0/s1. The molecule has 0 N–H and O–H groups in total. The molecule has 0 aliphatic carbocycles. The first kappa shape index (κ1) is 17.5. The highest BCUT2D eigenvalue weighted by Crippen LogP contribution is 2.23. The van der Waals surface area contributed by atoms with Crippen molar-refractivity contribution < 1.29 is 13.9 Å². The fourth-order valence-corrected chi connectivity index (χ4v) is 3.20. The fourth-order valence-electron chi connectivity index (χ4n) is 3.20. The minimum absolute atomic E-state index is 0.140. The van der Waals surface area contributed by atoms with Crippen LogP contribution in [0.25, 0.3) is 0 Å². The molecule has 2 aromatic rings. The van der Waals surface area contributed by atoms with Crippen molar-refractivity contribution in [1.29, 1.82) is 0 Å². The van der Waals surface area contributed by atoms with Crippen LogP contribution in [0, 0.1) is 12.7 Å². The Morgan fingerprint density at radius 3 is 2.92 bits per heavy atom. The molecule has 1 atom stereocenters. The molecule has 4 nitrogen and oxygen atoms in total. The highest BCUT2D eigenvalue weighted by molar-refractivity contribution is 5.75. The van der Waals surface area contributed by atoms with Gasteiger partial charge in [0.15, 0.2) is 0 Å². The van der Waals surface area contributed by atoms with Crippen LogP contribution in [0.4, 0.5) is 4.39 Å². The van der Waals surface area contributed by atoms with Crippen LogP contribution in [0.2, 0.25) is 0 Å². The molecule has 1 aliphatic rings. The highest BCUT2D eigenvalue weighted by atomic mass is 19.1. The second-order valence-corrected chi connectivity index (χ2v) is 6.40. The normalized spacial score (nSPS) is 17.6. The van der Waals surface area contributed by atoms with Gasteiger partial charge in [-0.2, -0.15) is 0 Å². The van der Waals surface area contributed by atoms with Crippen molar-refractivity contribution in [2.75, 3.05) is 19.7 Å². The minimum atomic E-state index is -0.229. The van der Waals surface area contributed by atoms with Gasteiger partial charge in [0.25, 0.3) is 0 Å². The number of carbonyl (C=O) groups excluding carboxylic acids is 1. The zero-order valence-electron chi connectivity index (χ0n) is 14.7. The second kappa shape index (κ2) is 7.74. The van der Waals surface area contributed by atoms with E-state index in [-0.39, 0.29) is 17.8 Å². The summed E-state index contributed by atoms with van der Waals surface area (Å²) in [6.45, 7) is 5.49. The molecule has 0 unspecified atom stereocenters. The summed E-state index contributed by atoms with van der Waals surface area (Å²) in [5.41, 5.74) is 3.71. The number of amides is 1. The lowest BCUT2D eigenvalue weighted by atomic mass is 10.0. The van der Waals surface area contributed by atoms with Crippen molar-refractivity contribution in [2.45, 2.75) is 32.8 Å². The lowest BCUT2D eigenvalue weighted by Crippen LogP contribution is -2.42. The number of benzene rings is 1. The summed E-state index contributed by atoms with van der Waals surface area (Å²) >= 11 is 0. The Balaban J connectivity index is 1.80. The topological polar surface area (TPSA) is 42.4 Å². The molecule has 5 heteroatoms. The first-order valence-electron chi connectivity index (χ1n) is 8.66. The van der Waals surface area contributed by atoms with Crippen LogP contribution >= 0.6 is 0 Å². The summed E-state index contributed by atoms with van der Waals surface area (Å²) in [4.78, 5) is 18.4. The maximum atomic E-state index is 13.4. The molecule has 25 heavy (non-hydrogen) atoms. The number of nitrogens with zero attached hydrogens (tertiary/aromatic N) is 2. The molecular weight excluding hydrogens is 319 g/mol. The predicted molar refractivity (Wildman–Crippen MR) is 93.7 cm³/mol. The molecule has 2 heterocycles. The van der Waals surface area contributed by atoms with Gasteiger partial charge in [0.05, 0.1) is 18.8 Å². The third-order valence-electron chi connectivity index (χ3n) is 4.38. The van der Waals surface area contributed by atoms with Gasteiger partial charge in [0.1, 0.15) is 11.9 Å². The SMILES string of the molecule is CCC(=O)N1CCO[C@H](c2cc(Cc3cccc(F)c3)cc(C)n2)C1. The van der Waals surface area contributed by atoms with Crippen molar-refractivity contribution in [3.63, 3.8) is 0 Å². The van der Waals surface area contributed by atoms with Crippen molar-refractivity contribution >= 4 is 5.91 Å². The molecule has 3 rings (SSSR count). The van der Waals surface area contributed by atoms with Crippen molar-refractivity contribution in [3.05, 3.63) is 64.7 Å². The van der Waals surface area contributed by atoms with Crippen LogP contribution in [0.5, 0.6) is 0 Å². The van der Waals surface area contributed by atoms with Crippen LogP contribution in [0.3, 0.4) is 0 Å². The molecule has 0 radical (unpaired) electrons. The van der Waals surface area contributed by atoms with E-state index in [4.69, 9.17) is 4.74 Å². The molecule has 1 aromatic carbocycles. The Hall–Kier alpha value is -2.27. The van der Waals surface area contributed by atoms with E-state index in [1.54, 1.807) is 12.1 Å². The summed E-state index contributed by atoms with van der Waals surface area (Å²) in [6.07, 6.45) is 0.924. The quantitative estimate of drug-likeness (QED) is 0.855. The lowest BCUT2D eigenvalue weighted by Gasteiger charge is -2.32. The maximum absolute atomic E-state index is 13.4. The number of pyridine rings is 1. The van der Waals surface area contributed by atoms with Crippen molar-refractivity contribution in [1.82, 2.24) is 9.88 Å².